The summed E-state index contributed by atoms with van der Waals surface area (Å²) in [6, 6.07) is 4.52. The van der Waals surface area contributed by atoms with E-state index >= 15 is 0 Å². The van der Waals surface area contributed by atoms with Gasteiger partial charge in [-0.05, 0) is 25.0 Å². The van der Waals surface area contributed by atoms with Crippen LogP contribution < -0.4 is 4.72 Å². The third kappa shape index (κ3) is 4.00. The molecular weight excluding hydrogens is 319 g/mol. The number of nitrogens with one attached hydrogen (secondary N) is 1. The van der Waals surface area contributed by atoms with Crippen molar-refractivity contribution in [1.82, 2.24) is 9.03 Å². The van der Waals surface area contributed by atoms with E-state index in [-0.39, 0.29) is 6.54 Å². The largest absolute Gasteiger partial charge is 0.243 e. The zero-order chi connectivity index (χ0) is 15.7. The van der Waals surface area contributed by atoms with Gasteiger partial charge >= 0.3 is 0 Å². The Kier molecular flexibility index (Phi) is 4.66. The van der Waals surface area contributed by atoms with Gasteiger partial charge in [-0.2, -0.15) is 0 Å². The molecule has 0 amide bonds. The summed E-state index contributed by atoms with van der Waals surface area (Å²) >= 11 is 0. The standard InChI is InChI=1S/C12H17FN2O4S2/c1-20(16,17)15-8-4-5-10(9-15)14-21(18,19)12-7-3-2-6-11(12)13/h2-3,6-7,10,14H,4-5,8-9H2,1H3. The van der Waals surface area contributed by atoms with Crippen LogP contribution >= 0.6 is 0 Å². The molecule has 1 aromatic rings. The highest BCUT2D eigenvalue weighted by molar-refractivity contribution is 7.89. The van der Waals surface area contributed by atoms with Crippen LogP contribution in [0.5, 0.6) is 0 Å². The van der Waals surface area contributed by atoms with Crippen LogP contribution in [0.3, 0.4) is 0 Å². The van der Waals surface area contributed by atoms with Crippen molar-refractivity contribution in [3.05, 3.63) is 30.1 Å². The molecule has 118 valence electrons. The first kappa shape index (κ1) is 16.3. The topological polar surface area (TPSA) is 83.6 Å². The predicted octanol–water partition coefficient (Wildman–Crippen LogP) is 0.528. The molecule has 2 rings (SSSR count). The molecule has 0 saturated carbocycles. The molecule has 1 aliphatic rings. The zero-order valence-corrected chi connectivity index (χ0v) is 13.1. The van der Waals surface area contributed by atoms with Crippen molar-refractivity contribution in [3.63, 3.8) is 0 Å². The molecule has 9 heteroatoms. The molecule has 1 aliphatic heterocycles. The maximum atomic E-state index is 13.6. The lowest BCUT2D eigenvalue weighted by molar-refractivity contribution is 0.305. The molecular formula is C12H17FN2O4S2. The minimum absolute atomic E-state index is 0.0620. The van der Waals surface area contributed by atoms with Gasteiger partial charge in [-0.1, -0.05) is 12.1 Å². The Morgan fingerprint density at radius 3 is 2.52 bits per heavy atom. The Morgan fingerprint density at radius 2 is 1.90 bits per heavy atom. The van der Waals surface area contributed by atoms with Gasteiger partial charge in [0.15, 0.2) is 0 Å². The first-order valence-corrected chi connectivity index (χ1v) is 9.75. The third-order valence-corrected chi connectivity index (χ3v) is 6.12. The summed E-state index contributed by atoms with van der Waals surface area (Å²) in [5.41, 5.74) is 0. The number of rotatable bonds is 4. The Hall–Kier alpha value is -1.03. The molecule has 0 aromatic heterocycles. The van der Waals surface area contributed by atoms with Crippen LogP contribution in [0.4, 0.5) is 4.39 Å². The number of sulfonamides is 2. The first-order valence-electron chi connectivity index (χ1n) is 6.42. The van der Waals surface area contributed by atoms with Gasteiger partial charge in [0.25, 0.3) is 0 Å². The fraction of sp³-hybridized carbons (Fsp3) is 0.500. The Morgan fingerprint density at radius 1 is 1.24 bits per heavy atom. The van der Waals surface area contributed by atoms with Crippen molar-refractivity contribution in [2.24, 2.45) is 0 Å². The van der Waals surface area contributed by atoms with Crippen molar-refractivity contribution < 1.29 is 21.2 Å². The number of hydrogen-bond donors (Lipinski definition) is 1. The number of nitrogens with zero attached hydrogens (tertiary/aromatic N) is 1. The molecule has 1 heterocycles. The lowest BCUT2D eigenvalue weighted by Crippen LogP contribution is -2.49. The van der Waals surface area contributed by atoms with Crippen molar-refractivity contribution in [2.45, 2.75) is 23.8 Å². The molecule has 1 unspecified atom stereocenters. The number of hydrogen-bond acceptors (Lipinski definition) is 4. The number of halogens is 1. The van der Waals surface area contributed by atoms with E-state index in [2.05, 4.69) is 4.72 Å². The van der Waals surface area contributed by atoms with Gasteiger partial charge in [0.2, 0.25) is 20.0 Å². The van der Waals surface area contributed by atoms with Crippen molar-refractivity contribution in [2.75, 3.05) is 19.3 Å². The molecule has 1 saturated heterocycles. The SMILES string of the molecule is CS(=O)(=O)N1CCCC(NS(=O)(=O)c2ccccc2F)C1. The maximum Gasteiger partial charge on any atom is 0.243 e. The van der Waals surface area contributed by atoms with Gasteiger partial charge in [0, 0.05) is 19.1 Å². The van der Waals surface area contributed by atoms with Crippen LogP contribution in [0.15, 0.2) is 29.2 Å². The molecule has 0 radical (unpaired) electrons. The summed E-state index contributed by atoms with van der Waals surface area (Å²) in [6.07, 6.45) is 2.15. The van der Waals surface area contributed by atoms with Crippen LogP contribution in [0, 0.1) is 5.82 Å². The summed E-state index contributed by atoms with van der Waals surface area (Å²) in [7, 11) is -7.37. The van der Waals surface area contributed by atoms with Gasteiger partial charge in [0.1, 0.15) is 10.7 Å². The minimum atomic E-state index is -4.01. The fourth-order valence-corrected chi connectivity index (χ4v) is 4.54. The van der Waals surface area contributed by atoms with Gasteiger partial charge in [-0.3, -0.25) is 0 Å². The van der Waals surface area contributed by atoms with E-state index in [1.165, 1.54) is 22.5 Å². The van der Waals surface area contributed by atoms with Crippen molar-refractivity contribution in [3.8, 4) is 0 Å². The van der Waals surface area contributed by atoms with Crippen LogP contribution in [0.1, 0.15) is 12.8 Å². The Bertz CT molecular complexity index is 719. The fourth-order valence-electron chi connectivity index (χ4n) is 2.29. The molecule has 0 spiro atoms. The van der Waals surface area contributed by atoms with Crippen LogP contribution in [0.2, 0.25) is 0 Å². The van der Waals surface area contributed by atoms with Gasteiger partial charge < -0.3 is 0 Å². The van der Waals surface area contributed by atoms with Gasteiger partial charge in [-0.25, -0.2) is 30.3 Å². The van der Waals surface area contributed by atoms with Crippen molar-refractivity contribution in [1.29, 1.82) is 0 Å². The summed E-state index contributed by atoms with van der Waals surface area (Å²) in [5, 5.41) is 0. The zero-order valence-electron chi connectivity index (χ0n) is 11.5. The van der Waals surface area contributed by atoms with Crippen LogP contribution in [0.25, 0.3) is 0 Å². The summed E-state index contributed by atoms with van der Waals surface area (Å²) in [5.74, 6) is -0.833. The first-order chi connectivity index (χ1) is 9.70. The summed E-state index contributed by atoms with van der Waals surface area (Å²) < 4.78 is 64.5. The molecule has 1 fully saturated rings. The van der Waals surface area contributed by atoms with Gasteiger partial charge in [0.05, 0.1) is 6.26 Å². The number of piperidine rings is 1. The highest BCUT2D eigenvalue weighted by Crippen LogP contribution is 2.18. The summed E-state index contributed by atoms with van der Waals surface area (Å²) in [6.45, 7) is 0.434. The lowest BCUT2D eigenvalue weighted by Gasteiger charge is -2.31. The molecule has 1 aromatic carbocycles. The van der Waals surface area contributed by atoms with E-state index in [1.54, 1.807) is 0 Å². The molecule has 0 bridgehead atoms. The third-order valence-electron chi connectivity index (χ3n) is 3.30. The quantitative estimate of drug-likeness (QED) is 0.869. The lowest BCUT2D eigenvalue weighted by atomic mass is 10.1. The molecule has 21 heavy (non-hydrogen) atoms. The molecule has 6 nitrogen and oxygen atoms in total. The maximum absolute atomic E-state index is 13.6. The Labute approximate surface area is 124 Å². The second-order valence-electron chi connectivity index (χ2n) is 5.01. The average molecular weight is 336 g/mol. The van der Waals surface area contributed by atoms with E-state index in [0.717, 1.165) is 12.3 Å². The van der Waals surface area contributed by atoms with Crippen molar-refractivity contribution >= 4 is 20.0 Å². The van der Waals surface area contributed by atoms with E-state index in [0.29, 0.717) is 19.4 Å². The van der Waals surface area contributed by atoms with Crippen LogP contribution in [-0.4, -0.2) is 46.5 Å². The molecule has 1 N–H and O–H groups in total. The second-order valence-corrected chi connectivity index (χ2v) is 8.68. The smallest absolute Gasteiger partial charge is 0.213 e. The van der Waals surface area contributed by atoms with Gasteiger partial charge in [-0.15, -0.1) is 0 Å². The average Bonchev–Trinajstić information content (AvgIpc) is 2.37. The second kappa shape index (κ2) is 5.99. The molecule has 0 aliphatic carbocycles. The van der Waals surface area contributed by atoms with Crippen LogP contribution in [-0.2, 0) is 20.0 Å². The highest BCUT2D eigenvalue weighted by atomic mass is 32.2. The molecule has 1 atom stereocenters. The predicted molar refractivity (Wildman–Crippen MR) is 76.2 cm³/mol. The minimum Gasteiger partial charge on any atom is -0.213 e. The van der Waals surface area contributed by atoms with E-state index in [1.807, 2.05) is 0 Å². The normalized spacial score (nSPS) is 21.3. The Balaban J connectivity index is 2.16. The monoisotopic (exact) mass is 336 g/mol. The van der Waals surface area contributed by atoms with E-state index < -0.39 is 36.8 Å². The summed E-state index contributed by atoms with van der Waals surface area (Å²) in [4.78, 5) is -0.429. The van der Waals surface area contributed by atoms with E-state index in [9.17, 15) is 21.2 Å². The number of benzene rings is 1. The highest BCUT2D eigenvalue weighted by Gasteiger charge is 2.30. The van der Waals surface area contributed by atoms with E-state index in [4.69, 9.17) is 0 Å².